The molecule has 0 bridgehead atoms. The number of rotatable bonds is 3. The first-order chi connectivity index (χ1) is 9.86. The first-order valence-electron chi connectivity index (χ1n) is 6.14. The van der Waals surface area contributed by atoms with E-state index in [9.17, 15) is 9.59 Å². The Kier molecular flexibility index (Phi) is 3.99. The van der Waals surface area contributed by atoms with E-state index < -0.39 is 11.9 Å². The van der Waals surface area contributed by atoms with E-state index in [2.05, 4.69) is 10.4 Å². The molecule has 0 spiro atoms. The number of carbonyl (C=O) groups excluding carboxylic acids is 2. The van der Waals surface area contributed by atoms with E-state index >= 15 is 0 Å². The van der Waals surface area contributed by atoms with Gasteiger partial charge in [-0.05, 0) is 19.4 Å². The number of nitrogen functional groups attached to an aromatic ring is 1. The van der Waals surface area contributed by atoms with E-state index in [1.807, 2.05) is 13.8 Å². The van der Waals surface area contributed by atoms with Crippen molar-refractivity contribution in [3.63, 3.8) is 0 Å². The van der Waals surface area contributed by atoms with E-state index in [0.29, 0.717) is 10.6 Å². The molecule has 0 aliphatic heterocycles. The minimum Gasteiger partial charge on any atom is -0.465 e. The SMILES string of the molecule is COC(=O)c1c(NC(=O)c2c(N)cnn2C)sc(C)c1C. The summed E-state index contributed by atoms with van der Waals surface area (Å²) in [4.78, 5) is 25.1. The maximum Gasteiger partial charge on any atom is 0.341 e. The minimum absolute atomic E-state index is 0.245. The predicted octanol–water partition coefficient (Wildman–Crippen LogP) is 1.72. The lowest BCUT2D eigenvalue weighted by atomic mass is 10.1. The van der Waals surface area contributed by atoms with Crippen LogP contribution in [0.5, 0.6) is 0 Å². The van der Waals surface area contributed by atoms with Crippen molar-refractivity contribution in [3.05, 3.63) is 27.9 Å². The Morgan fingerprint density at radius 1 is 1.43 bits per heavy atom. The number of anilines is 2. The van der Waals surface area contributed by atoms with Gasteiger partial charge in [-0.2, -0.15) is 5.10 Å². The van der Waals surface area contributed by atoms with Crippen molar-refractivity contribution in [2.75, 3.05) is 18.2 Å². The summed E-state index contributed by atoms with van der Waals surface area (Å²) < 4.78 is 6.15. The van der Waals surface area contributed by atoms with Gasteiger partial charge < -0.3 is 15.8 Å². The van der Waals surface area contributed by atoms with Gasteiger partial charge in [0.1, 0.15) is 10.7 Å². The molecule has 0 saturated carbocycles. The highest BCUT2D eigenvalue weighted by Crippen LogP contribution is 2.33. The van der Waals surface area contributed by atoms with Gasteiger partial charge in [0, 0.05) is 11.9 Å². The van der Waals surface area contributed by atoms with Gasteiger partial charge >= 0.3 is 5.97 Å². The summed E-state index contributed by atoms with van der Waals surface area (Å²) in [7, 11) is 2.93. The fraction of sp³-hybridized carbons (Fsp3) is 0.308. The van der Waals surface area contributed by atoms with Crippen LogP contribution in [0.25, 0.3) is 0 Å². The highest BCUT2D eigenvalue weighted by molar-refractivity contribution is 7.16. The number of nitrogens with zero attached hydrogens (tertiary/aromatic N) is 2. The van der Waals surface area contributed by atoms with Crippen LogP contribution in [0, 0.1) is 13.8 Å². The third-order valence-electron chi connectivity index (χ3n) is 3.18. The Bertz CT molecular complexity index is 698. The van der Waals surface area contributed by atoms with Crippen LogP contribution in [0.3, 0.4) is 0 Å². The number of nitrogens with one attached hydrogen (secondary N) is 1. The summed E-state index contributed by atoms with van der Waals surface area (Å²) in [5.41, 5.74) is 7.41. The average Bonchev–Trinajstić information content (AvgIpc) is 2.90. The van der Waals surface area contributed by atoms with Crippen molar-refractivity contribution in [2.45, 2.75) is 13.8 Å². The number of amides is 1. The van der Waals surface area contributed by atoms with Crippen LogP contribution < -0.4 is 11.1 Å². The van der Waals surface area contributed by atoms with Gasteiger partial charge in [0.15, 0.2) is 0 Å². The number of carbonyl (C=O) groups is 2. The Morgan fingerprint density at radius 2 is 2.10 bits per heavy atom. The number of hydrogen-bond acceptors (Lipinski definition) is 6. The molecular formula is C13H16N4O3S. The smallest absolute Gasteiger partial charge is 0.341 e. The fourth-order valence-corrected chi connectivity index (χ4v) is 3.00. The van der Waals surface area contributed by atoms with Gasteiger partial charge in [0.25, 0.3) is 5.91 Å². The first-order valence-corrected chi connectivity index (χ1v) is 6.95. The molecule has 0 aromatic carbocycles. The van der Waals surface area contributed by atoms with Crippen LogP contribution in [0.1, 0.15) is 31.3 Å². The zero-order valence-electron chi connectivity index (χ0n) is 12.2. The van der Waals surface area contributed by atoms with Crippen LogP contribution in [-0.2, 0) is 11.8 Å². The summed E-state index contributed by atoms with van der Waals surface area (Å²) in [5, 5.41) is 7.07. The molecule has 21 heavy (non-hydrogen) atoms. The molecule has 0 atom stereocenters. The third kappa shape index (κ3) is 2.62. The van der Waals surface area contributed by atoms with Crippen molar-refractivity contribution in [3.8, 4) is 0 Å². The normalized spacial score (nSPS) is 10.5. The predicted molar refractivity (Wildman–Crippen MR) is 80.7 cm³/mol. The molecule has 112 valence electrons. The highest BCUT2D eigenvalue weighted by atomic mass is 32.1. The number of esters is 1. The largest absolute Gasteiger partial charge is 0.465 e. The van der Waals surface area contributed by atoms with Crippen LogP contribution in [-0.4, -0.2) is 28.8 Å². The van der Waals surface area contributed by atoms with Gasteiger partial charge in [0.05, 0.1) is 24.6 Å². The number of ether oxygens (including phenoxy) is 1. The average molecular weight is 308 g/mol. The summed E-state index contributed by atoms with van der Waals surface area (Å²) in [6.45, 7) is 3.69. The fourth-order valence-electron chi connectivity index (χ4n) is 1.96. The van der Waals surface area contributed by atoms with E-state index in [-0.39, 0.29) is 11.4 Å². The van der Waals surface area contributed by atoms with Crippen LogP contribution in [0.15, 0.2) is 6.20 Å². The second-order valence-corrected chi connectivity index (χ2v) is 5.73. The Morgan fingerprint density at radius 3 is 2.62 bits per heavy atom. The van der Waals surface area contributed by atoms with Crippen molar-refractivity contribution >= 4 is 33.9 Å². The molecule has 0 unspecified atom stereocenters. The molecule has 2 heterocycles. The third-order valence-corrected chi connectivity index (χ3v) is 4.31. The molecule has 0 aliphatic rings. The zero-order valence-corrected chi connectivity index (χ0v) is 13.0. The summed E-state index contributed by atoms with van der Waals surface area (Å²) >= 11 is 1.32. The topological polar surface area (TPSA) is 99.2 Å². The van der Waals surface area contributed by atoms with Crippen LogP contribution in [0.4, 0.5) is 10.7 Å². The lowest BCUT2D eigenvalue weighted by Gasteiger charge is -2.07. The number of nitrogens with two attached hydrogens (primary N) is 1. The number of thiophene rings is 1. The van der Waals surface area contributed by atoms with E-state index in [0.717, 1.165) is 10.4 Å². The second kappa shape index (κ2) is 5.57. The van der Waals surface area contributed by atoms with Crippen LogP contribution >= 0.6 is 11.3 Å². The highest BCUT2D eigenvalue weighted by Gasteiger charge is 2.23. The summed E-state index contributed by atoms with van der Waals surface area (Å²) in [6.07, 6.45) is 1.40. The summed E-state index contributed by atoms with van der Waals surface area (Å²) in [5.74, 6) is -0.899. The number of aryl methyl sites for hydroxylation is 2. The van der Waals surface area contributed by atoms with Crippen molar-refractivity contribution in [2.24, 2.45) is 7.05 Å². The molecule has 2 aromatic heterocycles. The van der Waals surface area contributed by atoms with E-state index in [4.69, 9.17) is 10.5 Å². The molecule has 8 heteroatoms. The molecule has 7 nitrogen and oxygen atoms in total. The molecule has 1 amide bonds. The Labute approximate surface area is 125 Å². The molecule has 0 saturated heterocycles. The monoisotopic (exact) mass is 308 g/mol. The van der Waals surface area contributed by atoms with Crippen LogP contribution in [0.2, 0.25) is 0 Å². The van der Waals surface area contributed by atoms with Gasteiger partial charge in [-0.25, -0.2) is 4.79 Å². The molecule has 2 rings (SSSR count). The molecule has 3 N–H and O–H groups in total. The van der Waals surface area contributed by atoms with Gasteiger partial charge in [-0.3, -0.25) is 9.48 Å². The molecule has 0 radical (unpaired) electrons. The number of methoxy groups -OCH3 is 1. The Balaban J connectivity index is 2.38. The zero-order chi connectivity index (χ0) is 15.7. The molecular weight excluding hydrogens is 292 g/mol. The standard InChI is InChI=1S/C13H16N4O3S/c1-6-7(2)21-12(9(6)13(19)20-4)16-11(18)10-8(14)5-15-17(10)3/h5H,14H2,1-4H3,(H,16,18). The molecule has 0 aliphatic carbocycles. The molecule has 0 fully saturated rings. The maximum atomic E-state index is 12.3. The van der Waals surface area contributed by atoms with Gasteiger partial charge in [0.2, 0.25) is 0 Å². The first kappa shape index (κ1) is 15.0. The minimum atomic E-state index is -0.481. The van der Waals surface area contributed by atoms with Crippen molar-refractivity contribution in [1.29, 1.82) is 0 Å². The lowest BCUT2D eigenvalue weighted by molar-refractivity contribution is 0.0601. The number of aromatic nitrogens is 2. The van der Waals surface area contributed by atoms with Crippen molar-refractivity contribution < 1.29 is 14.3 Å². The quantitative estimate of drug-likeness (QED) is 0.841. The number of hydrogen-bond donors (Lipinski definition) is 2. The summed E-state index contributed by atoms with van der Waals surface area (Å²) in [6, 6.07) is 0. The Hall–Kier alpha value is -2.35. The second-order valence-electron chi connectivity index (χ2n) is 4.51. The van der Waals surface area contributed by atoms with Crippen molar-refractivity contribution in [1.82, 2.24) is 9.78 Å². The van der Waals surface area contributed by atoms with Gasteiger partial charge in [-0.15, -0.1) is 11.3 Å². The van der Waals surface area contributed by atoms with E-state index in [1.54, 1.807) is 7.05 Å². The molecule has 2 aromatic rings. The lowest BCUT2D eigenvalue weighted by Crippen LogP contribution is -2.18. The maximum absolute atomic E-state index is 12.3. The van der Waals surface area contributed by atoms with E-state index in [1.165, 1.54) is 29.3 Å². The van der Waals surface area contributed by atoms with Gasteiger partial charge in [-0.1, -0.05) is 0 Å².